The number of hydrogen-bond acceptors (Lipinski definition) is 4. The van der Waals surface area contributed by atoms with Crippen molar-refractivity contribution in [2.45, 2.75) is 52.2 Å². The number of thiazole rings is 1. The van der Waals surface area contributed by atoms with Gasteiger partial charge in [0.1, 0.15) is 0 Å². The van der Waals surface area contributed by atoms with E-state index in [1.54, 1.807) is 0 Å². The van der Waals surface area contributed by atoms with Gasteiger partial charge in [0.05, 0.1) is 17.2 Å². The second-order valence-corrected chi connectivity index (χ2v) is 8.60. The number of halogens is 1. The smallest absolute Gasteiger partial charge is 0.191 e. The molecule has 0 saturated heterocycles. The minimum atomic E-state index is 0. The summed E-state index contributed by atoms with van der Waals surface area (Å²) < 4.78 is 0.171. The Morgan fingerprint density at radius 2 is 2.00 bits per heavy atom. The number of aromatic nitrogens is 1. The van der Waals surface area contributed by atoms with Crippen LogP contribution in [0.2, 0.25) is 0 Å². The molecule has 23 heavy (non-hydrogen) atoms. The molecule has 0 radical (unpaired) electrons. The topological polar surface area (TPSA) is 49.3 Å². The molecule has 0 aliphatic rings. The van der Waals surface area contributed by atoms with E-state index < -0.39 is 0 Å². The standard InChI is InChI=1S/C16H30N4S2.HI/c1-7-13-12(3)22-14(20-13)9-10-18-15(17-8-2)19-11-16(4,5)21-6;/h7-11H2,1-6H3,(H2,17,18,19);1H. The first-order valence-electron chi connectivity index (χ1n) is 7.94. The van der Waals surface area contributed by atoms with Crippen molar-refractivity contribution < 1.29 is 0 Å². The zero-order valence-electron chi connectivity index (χ0n) is 15.2. The van der Waals surface area contributed by atoms with Gasteiger partial charge in [0, 0.05) is 29.1 Å². The first-order chi connectivity index (χ1) is 10.4. The van der Waals surface area contributed by atoms with Crippen molar-refractivity contribution in [1.29, 1.82) is 0 Å². The van der Waals surface area contributed by atoms with Gasteiger partial charge >= 0.3 is 0 Å². The number of aliphatic imine (C=N–C) groups is 1. The molecule has 4 nitrogen and oxygen atoms in total. The van der Waals surface area contributed by atoms with Crippen LogP contribution in [-0.2, 0) is 12.8 Å². The molecule has 134 valence electrons. The lowest BCUT2D eigenvalue weighted by atomic mass is 10.2. The Morgan fingerprint density at radius 3 is 2.52 bits per heavy atom. The third-order valence-electron chi connectivity index (χ3n) is 3.42. The lowest BCUT2D eigenvalue weighted by Crippen LogP contribution is -2.39. The Bertz CT molecular complexity index is 486. The molecule has 0 fully saturated rings. The number of hydrogen-bond donors (Lipinski definition) is 2. The number of nitrogens with zero attached hydrogens (tertiary/aromatic N) is 2. The Morgan fingerprint density at radius 1 is 1.30 bits per heavy atom. The van der Waals surface area contributed by atoms with E-state index in [2.05, 4.69) is 61.5 Å². The fourth-order valence-electron chi connectivity index (χ4n) is 1.89. The molecule has 1 heterocycles. The lowest BCUT2D eigenvalue weighted by molar-refractivity contribution is 0.710. The van der Waals surface area contributed by atoms with E-state index in [1.807, 2.05) is 23.1 Å². The van der Waals surface area contributed by atoms with Crippen LogP contribution in [0.5, 0.6) is 0 Å². The molecule has 0 unspecified atom stereocenters. The van der Waals surface area contributed by atoms with E-state index >= 15 is 0 Å². The van der Waals surface area contributed by atoms with Crippen LogP contribution in [0.4, 0.5) is 0 Å². The molecule has 0 aliphatic carbocycles. The lowest BCUT2D eigenvalue weighted by Gasteiger charge is -2.20. The number of aryl methyl sites for hydroxylation is 2. The molecule has 0 aromatic carbocycles. The maximum atomic E-state index is 4.68. The van der Waals surface area contributed by atoms with Crippen molar-refractivity contribution in [3.63, 3.8) is 0 Å². The van der Waals surface area contributed by atoms with Gasteiger partial charge in [-0.2, -0.15) is 11.8 Å². The van der Waals surface area contributed by atoms with Crippen LogP contribution < -0.4 is 10.6 Å². The van der Waals surface area contributed by atoms with E-state index in [1.165, 1.54) is 15.6 Å². The Labute approximate surface area is 166 Å². The summed E-state index contributed by atoms with van der Waals surface area (Å²) in [6.07, 6.45) is 4.09. The third-order valence-corrected chi connectivity index (χ3v) is 5.73. The molecule has 7 heteroatoms. The van der Waals surface area contributed by atoms with Crippen LogP contribution in [0, 0.1) is 6.92 Å². The molecule has 0 spiro atoms. The highest BCUT2D eigenvalue weighted by atomic mass is 127. The third kappa shape index (κ3) is 8.58. The predicted octanol–water partition coefficient (Wildman–Crippen LogP) is 3.87. The summed E-state index contributed by atoms with van der Waals surface area (Å²) in [5.74, 6) is 0.897. The van der Waals surface area contributed by atoms with Crippen LogP contribution in [0.25, 0.3) is 0 Å². The molecule has 1 aromatic rings. The molecule has 0 bridgehead atoms. The number of thioether (sulfide) groups is 1. The van der Waals surface area contributed by atoms with Gasteiger partial charge in [-0.3, -0.25) is 4.99 Å². The summed E-state index contributed by atoms with van der Waals surface area (Å²) in [5.41, 5.74) is 1.24. The van der Waals surface area contributed by atoms with Gasteiger partial charge in [-0.05, 0) is 40.4 Å². The number of guanidine groups is 1. The highest BCUT2D eigenvalue weighted by Gasteiger charge is 2.15. The molecule has 1 aromatic heterocycles. The normalized spacial score (nSPS) is 12.0. The Kier molecular flexibility index (Phi) is 11.5. The van der Waals surface area contributed by atoms with Gasteiger partial charge < -0.3 is 10.6 Å². The van der Waals surface area contributed by atoms with E-state index in [0.717, 1.165) is 38.4 Å². The predicted molar refractivity (Wildman–Crippen MR) is 117 cm³/mol. The van der Waals surface area contributed by atoms with Gasteiger partial charge in [0.15, 0.2) is 5.96 Å². The van der Waals surface area contributed by atoms with E-state index in [4.69, 9.17) is 0 Å². The van der Waals surface area contributed by atoms with Crippen molar-refractivity contribution in [2.75, 3.05) is 25.9 Å². The molecule has 0 atom stereocenters. The minimum Gasteiger partial charge on any atom is -0.357 e. The summed E-state index contributed by atoms with van der Waals surface area (Å²) in [4.78, 5) is 10.7. The van der Waals surface area contributed by atoms with Crippen molar-refractivity contribution in [3.8, 4) is 0 Å². The second kappa shape index (κ2) is 11.5. The second-order valence-electron chi connectivity index (χ2n) is 5.80. The van der Waals surface area contributed by atoms with E-state index in [0.29, 0.717) is 0 Å². The summed E-state index contributed by atoms with van der Waals surface area (Å²) >= 11 is 3.65. The van der Waals surface area contributed by atoms with E-state index in [9.17, 15) is 0 Å². The van der Waals surface area contributed by atoms with Crippen LogP contribution in [0.3, 0.4) is 0 Å². The average Bonchev–Trinajstić information content (AvgIpc) is 2.85. The Hall–Kier alpha value is -0.0200. The molecule has 2 N–H and O–H groups in total. The Balaban J connectivity index is 0.00000484. The van der Waals surface area contributed by atoms with Crippen LogP contribution in [0.1, 0.15) is 43.3 Å². The highest BCUT2D eigenvalue weighted by molar-refractivity contribution is 14.0. The number of nitrogens with one attached hydrogen (secondary N) is 2. The summed E-state index contributed by atoms with van der Waals surface area (Å²) in [6.45, 7) is 13.4. The van der Waals surface area contributed by atoms with Crippen molar-refractivity contribution in [3.05, 3.63) is 15.6 Å². The number of rotatable bonds is 8. The van der Waals surface area contributed by atoms with Crippen molar-refractivity contribution in [1.82, 2.24) is 15.6 Å². The zero-order chi connectivity index (χ0) is 16.6. The molecule has 1 rings (SSSR count). The monoisotopic (exact) mass is 470 g/mol. The van der Waals surface area contributed by atoms with Gasteiger partial charge in [-0.25, -0.2) is 4.98 Å². The summed E-state index contributed by atoms with van der Waals surface area (Å²) in [7, 11) is 0. The summed E-state index contributed by atoms with van der Waals surface area (Å²) in [6, 6.07) is 0. The first kappa shape index (κ1) is 23.0. The van der Waals surface area contributed by atoms with E-state index in [-0.39, 0.29) is 28.7 Å². The SMILES string of the molecule is CCNC(=NCC(C)(C)SC)NCCc1nc(CC)c(C)s1.I. The highest BCUT2D eigenvalue weighted by Crippen LogP contribution is 2.21. The quantitative estimate of drug-likeness (QED) is 0.344. The van der Waals surface area contributed by atoms with Crippen LogP contribution in [-0.4, -0.2) is 41.6 Å². The molecule has 0 aliphatic heterocycles. The van der Waals surface area contributed by atoms with Crippen molar-refractivity contribution >= 4 is 53.0 Å². The molecule has 0 amide bonds. The molecule has 0 saturated carbocycles. The molecular weight excluding hydrogens is 439 g/mol. The molecular formula is C16H31IN4S2. The zero-order valence-corrected chi connectivity index (χ0v) is 19.1. The summed E-state index contributed by atoms with van der Waals surface area (Å²) in [5, 5.41) is 7.93. The average molecular weight is 470 g/mol. The van der Waals surface area contributed by atoms with Crippen LogP contribution >= 0.6 is 47.1 Å². The maximum absolute atomic E-state index is 4.68. The van der Waals surface area contributed by atoms with Gasteiger partial charge in [0.2, 0.25) is 0 Å². The van der Waals surface area contributed by atoms with Gasteiger partial charge in [-0.15, -0.1) is 35.3 Å². The fraction of sp³-hybridized carbons (Fsp3) is 0.750. The maximum Gasteiger partial charge on any atom is 0.191 e. The minimum absolute atomic E-state index is 0. The first-order valence-corrected chi connectivity index (χ1v) is 9.98. The van der Waals surface area contributed by atoms with Gasteiger partial charge in [-0.1, -0.05) is 6.92 Å². The fourth-order valence-corrected chi connectivity index (χ4v) is 3.10. The van der Waals surface area contributed by atoms with Gasteiger partial charge in [0.25, 0.3) is 0 Å². The largest absolute Gasteiger partial charge is 0.357 e. The van der Waals surface area contributed by atoms with Crippen LogP contribution in [0.15, 0.2) is 4.99 Å². The van der Waals surface area contributed by atoms with Crippen molar-refractivity contribution in [2.24, 2.45) is 4.99 Å².